The minimum absolute atomic E-state index is 0.00191. The monoisotopic (exact) mass is 495 g/mol. The number of rotatable bonds is 14. The number of guanidine groups is 1. The summed E-state index contributed by atoms with van der Waals surface area (Å²) in [5.41, 5.74) is 16.5. The van der Waals surface area contributed by atoms with Gasteiger partial charge in [-0.2, -0.15) is 0 Å². The molecule has 0 fully saturated rings. The summed E-state index contributed by atoms with van der Waals surface area (Å²) in [6.07, 6.45) is 0.274. The summed E-state index contributed by atoms with van der Waals surface area (Å²) in [6.45, 7) is 0.908. The van der Waals surface area contributed by atoms with Crippen molar-refractivity contribution in [2.45, 2.75) is 50.4 Å². The van der Waals surface area contributed by atoms with E-state index in [1.54, 1.807) is 0 Å². The Balaban J connectivity index is 2.96. The number of carboxylic acid groups (broad SMARTS) is 1. The van der Waals surface area contributed by atoms with Gasteiger partial charge in [-0.25, -0.2) is 4.79 Å². The number of aliphatic imine (C=N–C) groups is 1. The number of nitrogens with zero attached hydrogens (tertiary/aromatic N) is 1. The van der Waals surface area contributed by atoms with E-state index in [-0.39, 0.29) is 37.5 Å². The van der Waals surface area contributed by atoms with Crippen LogP contribution < -0.4 is 33.2 Å². The van der Waals surface area contributed by atoms with E-state index in [1.807, 2.05) is 0 Å². The van der Waals surface area contributed by atoms with Crippen LogP contribution in [-0.4, -0.2) is 82.3 Å². The predicted molar refractivity (Wildman–Crippen MR) is 126 cm³/mol. The predicted octanol–water partition coefficient (Wildman–Crippen LogP) is -3.13. The van der Waals surface area contributed by atoms with Crippen LogP contribution in [0.2, 0.25) is 0 Å². The quantitative estimate of drug-likeness (QED) is 0.0712. The smallest absolute Gasteiger partial charge is 0.326 e. The molecule has 194 valence electrons. The highest BCUT2D eigenvalue weighted by Gasteiger charge is 2.29. The van der Waals surface area contributed by atoms with Crippen molar-refractivity contribution in [2.24, 2.45) is 22.2 Å². The topological polar surface area (TPSA) is 255 Å². The van der Waals surface area contributed by atoms with Crippen molar-refractivity contribution in [1.29, 1.82) is 0 Å². The Morgan fingerprint density at radius 1 is 0.971 bits per heavy atom. The second-order valence-corrected chi connectivity index (χ2v) is 7.80. The maximum absolute atomic E-state index is 13.0. The van der Waals surface area contributed by atoms with Crippen molar-refractivity contribution >= 4 is 29.7 Å². The molecule has 0 aromatic heterocycles. The molecule has 12 N–H and O–H groups in total. The zero-order valence-corrected chi connectivity index (χ0v) is 19.3. The number of aliphatic hydroxyl groups is 1. The van der Waals surface area contributed by atoms with Crippen molar-refractivity contribution in [3.05, 3.63) is 29.8 Å². The Morgan fingerprint density at radius 3 is 2.11 bits per heavy atom. The zero-order valence-electron chi connectivity index (χ0n) is 19.3. The largest absolute Gasteiger partial charge is 0.508 e. The maximum Gasteiger partial charge on any atom is 0.326 e. The molecule has 14 heteroatoms. The van der Waals surface area contributed by atoms with Gasteiger partial charge in [0.15, 0.2) is 5.96 Å². The van der Waals surface area contributed by atoms with Crippen LogP contribution >= 0.6 is 0 Å². The van der Waals surface area contributed by atoms with Crippen LogP contribution in [-0.2, 0) is 25.6 Å². The third-order valence-corrected chi connectivity index (χ3v) is 4.85. The van der Waals surface area contributed by atoms with Crippen LogP contribution in [0, 0.1) is 0 Å². The SMILES string of the molecule is CC(NC(=O)C(N)CO)C(=O)NC(Cc1ccc(O)cc1)C(=O)NC(CCCN=C(N)N)C(=O)O. The number of aliphatic carboxylic acids is 1. The number of phenolic OH excluding ortho intramolecular Hbond substituents is 1. The average Bonchev–Trinajstić information content (AvgIpc) is 2.80. The summed E-state index contributed by atoms with van der Waals surface area (Å²) in [7, 11) is 0. The summed E-state index contributed by atoms with van der Waals surface area (Å²) in [5.74, 6) is -3.69. The minimum atomic E-state index is -1.28. The lowest BCUT2D eigenvalue weighted by Crippen LogP contribution is -2.57. The summed E-state index contributed by atoms with van der Waals surface area (Å²) >= 11 is 0. The molecule has 14 nitrogen and oxygen atoms in total. The van der Waals surface area contributed by atoms with Crippen molar-refractivity contribution in [3.8, 4) is 5.75 Å². The molecule has 0 radical (unpaired) electrons. The van der Waals surface area contributed by atoms with Crippen molar-refractivity contribution in [1.82, 2.24) is 16.0 Å². The van der Waals surface area contributed by atoms with E-state index in [4.69, 9.17) is 22.3 Å². The van der Waals surface area contributed by atoms with E-state index in [9.17, 15) is 29.4 Å². The number of carbonyl (C=O) groups is 4. The highest BCUT2D eigenvalue weighted by Crippen LogP contribution is 2.12. The molecule has 0 bridgehead atoms. The minimum Gasteiger partial charge on any atom is -0.508 e. The lowest BCUT2D eigenvalue weighted by Gasteiger charge is -2.24. The van der Waals surface area contributed by atoms with E-state index in [2.05, 4.69) is 20.9 Å². The second kappa shape index (κ2) is 14.4. The van der Waals surface area contributed by atoms with Gasteiger partial charge in [0.1, 0.15) is 29.9 Å². The number of nitrogens with one attached hydrogen (secondary N) is 3. The van der Waals surface area contributed by atoms with Crippen LogP contribution in [0.4, 0.5) is 0 Å². The number of phenols is 1. The second-order valence-electron chi connectivity index (χ2n) is 7.80. The van der Waals surface area contributed by atoms with Gasteiger partial charge in [-0.1, -0.05) is 12.1 Å². The van der Waals surface area contributed by atoms with E-state index in [1.165, 1.54) is 31.2 Å². The molecule has 35 heavy (non-hydrogen) atoms. The van der Waals surface area contributed by atoms with Crippen LogP contribution in [0.5, 0.6) is 5.75 Å². The average molecular weight is 496 g/mol. The normalized spacial score (nSPS) is 14.0. The molecular weight excluding hydrogens is 462 g/mol. The summed E-state index contributed by atoms with van der Waals surface area (Å²) in [6, 6.07) is 1.06. The van der Waals surface area contributed by atoms with E-state index < -0.39 is 54.5 Å². The molecule has 1 aromatic rings. The number of carbonyl (C=O) groups excluding carboxylic acids is 3. The Kier molecular flexibility index (Phi) is 12.0. The number of hydrogen-bond acceptors (Lipinski definition) is 8. The lowest BCUT2D eigenvalue weighted by molar-refractivity contribution is -0.142. The number of carboxylic acids is 1. The van der Waals surface area contributed by atoms with Gasteiger partial charge in [0.05, 0.1) is 6.61 Å². The molecule has 0 heterocycles. The number of aliphatic hydroxyl groups excluding tert-OH is 1. The summed E-state index contributed by atoms with van der Waals surface area (Å²) in [5, 5.41) is 35.1. The first-order chi connectivity index (χ1) is 16.4. The molecular formula is C21H33N7O7. The number of amides is 3. The molecule has 0 aliphatic rings. The molecule has 0 saturated carbocycles. The molecule has 0 aliphatic heterocycles. The highest BCUT2D eigenvalue weighted by molar-refractivity contribution is 5.94. The molecule has 0 aliphatic carbocycles. The fourth-order valence-corrected chi connectivity index (χ4v) is 2.88. The third kappa shape index (κ3) is 10.7. The van der Waals surface area contributed by atoms with E-state index in [0.717, 1.165) is 0 Å². The van der Waals surface area contributed by atoms with Gasteiger partial charge < -0.3 is 48.5 Å². The molecule has 4 atom stereocenters. The number of nitrogens with two attached hydrogens (primary N) is 3. The first kappa shape index (κ1) is 29.1. The summed E-state index contributed by atoms with van der Waals surface area (Å²) in [4.78, 5) is 52.8. The molecule has 1 aromatic carbocycles. The number of benzene rings is 1. The Hall–Kier alpha value is -3.91. The van der Waals surface area contributed by atoms with Crippen molar-refractivity contribution < 1.29 is 34.5 Å². The summed E-state index contributed by atoms with van der Waals surface area (Å²) < 4.78 is 0. The highest BCUT2D eigenvalue weighted by atomic mass is 16.4. The fourth-order valence-electron chi connectivity index (χ4n) is 2.88. The number of hydrogen-bond donors (Lipinski definition) is 9. The van der Waals surface area contributed by atoms with Crippen LogP contribution in [0.1, 0.15) is 25.3 Å². The van der Waals surface area contributed by atoms with Gasteiger partial charge >= 0.3 is 5.97 Å². The third-order valence-electron chi connectivity index (χ3n) is 4.85. The van der Waals surface area contributed by atoms with Gasteiger partial charge in [0.2, 0.25) is 17.7 Å². The molecule has 0 saturated heterocycles. The van der Waals surface area contributed by atoms with Crippen molar-refractivity contribution in [3.63, 3.8) is 0 Å². The molecule has 3 amide bonds. The fraction of sp³-hybridized carbons (Fsp3) is 0.476. The number of aromatic hydroxyl groups is 1. The Morgan fingerprint density at radius 2 is 1.57 bits per heavy atom. The van der Waals surface area contributed by atoms with Gasteiger partial charge in [0.25, 0.3) is 0 Å². The zero-order chi connectivity index (χ0) is 26.5. The van der Waals surface area contributed by atoms with E-state index in [0.29, 0.717) is 5.56 Å². The van der Waals surface area contributed by atoms with Gasteiger partial charge in [-0.15, -0.1) is 0 Å². The first-order valence-corrected chi connectivity index (χ1v) is 10.8. The van der Waals surface area contributed by atoms with Gasteiger partial charge in [0, 0.05) is 13.0 Å². The standard InChI is InChI=1S/C21H33N7O7/c1-11(26-18(32)14(22)10-29)17(31)28-16(9-12-4-6-13(30)7-5-12)19(33)27-15(20(34)35)3-2-8-25-21(23)24/h4-7,11,14-16,29-30H,2-3,8-10,22H2,1H3,(H,26,32)(H,27,33)(H,28,31)(H,34,35)(H4,23,24,25). The van der Waals surface area contributed by atoms with Crippen LogP contribution in [0.25, 0.3) is 0 Å². The molecule has 1 rings (SSSR count). The Bertz CT molecular complexity index is 904. The van der Waals surface area contributed by atoms with Crippen molar-refractivity contribution in [2.75, 3.05) is 13.2 Å². The van der Waals surface area contributed by atoms with Gasteiger partial charge in [-0.05, 0) is 37.5 Å². The van der Waals surface area contributed by atoms with E-state index >= 15 is 0 Å². The first-order valence-electron chi connectivity index (χ1n) is 10.8. The van der Waals surface area contributed by atoms with Gasteiger partial charge in [-0.3, -0.25) is 19.4 Å². The van der Waals surface area contributed by atoms with Crippen LogP contribution in [0.3, 0.4) is 0 Å². The molecule has 0 spiro atoms. The van der Waals surface area contributed by atoms with Crippen LogP contribution in [0.15, 0.2) is 29.3 Å². The molecule has 4 unspecified atom stereocenters. The maximum atomic E-state index is 13.0. The lowest BCUT2D eigenvalue weighted by atomic mass is 10.0. The Labute approximate surface area is 201 Å².